The van der Waals surface area contributed by atoms with Gasteiger partial charge in [-0.15, -0.1) is 4.47 Å². The molecule has 4 rings (SSSR count). The largest absolute Gasteiger partial charge is 0.478 e. The lowest BCUT2D eigenvalue weighted by Crippen LogP contribution is -2.35. The minimum Gasteiger partial charge on any atom is -0.478 e. The zero-order valence-corrected chi connectivity index (χ0v) is 20.6. The first kappa shape index (κ1) is 24.1. The van der Waals surface area contributed by atoms with Crippen molar-refractivity contribution in [3.05, 3.63) is 72.3 Å². The van der Waals surface area contributed by atoms with Crippen molar-refractivity contribution in [3.63, 3.8) is 0 Å². The lowest BCUT2D eigenvalue weighted by Gasteiger charge is -2.30. The second kappa shape index (κ2) is 10.5. The van der Waals surface area contributed by atoms with Gasteiger partial charge in [0.15, 0.2) is 0 Å². The number of anilines is 3. The van der Waals surface area contributed by atoms with Crippen LogP contribution in [0.2, 0.25) is 0 Å². The molecular formula is C27H31N3O3S. The van der Waals surface area contributed by atoms with Crippen molar-refractivity contribution in [1.82, 2.24) is 4.47 Å². The van der Waals surface area contributed by atoms with Crippen LogP contribution in [0.1, 0.15) is 36.5 Å². The third-order valence-electron chi connectivity index (χ3n) is 6.13. The average molecular weight is 478 g/mol. The second-order valence-electron chi connectivity index (χ2n) is 8.75. The summed E-state index contributed by atoms with van der Waals surface area (Å²) in [7, 11) is 3.98. The molecule has 34 heavy (non-hydrogen) atoms. The summed E-state index contributed by atoms with van der Waals surface area (Å²) in [5.74, 6) is -0.951. The van der Waals surface area contributed by atoms with Gasteiger partial charge in [0, 0.05) is 42.5 Å². The highest BCUT2D eigenvalue weighted by Gasteiger charge is 2.30. The maximum absolute atomic E-state index is 11.6. The number of hydrogen-bond acceptors (Lipinski definition) is 6. The van der Waals surface area contributed by atoms with Gasteiger partial charge >= 0.3 is 5.97 Å². The first-order valence-corrected chi connectivity index (χ1v) is 12.3. The molecule has 0 radical (unpaired) electrons. The lowest BCUT2D eigenvalue weighted by molar-refractivity contribution is -0.0225. The van der Waals surface area contributed by atoms with E-state index in [4.69, 9.17) is 0 Å². The molecule has 0 aliphatic carbocycles. The molecule has 2 N–H and O–H groups in total. The molecule has 0 bridgehead atoms. The summed E-state index contributed by atoms with van der Waals surface area (Å²) < 4.78 is 1.39. The monoisotopic (exact) mass is 477 g/mol. The quantitative estimate of drug-likeness (QED) is 0.375. The van der Waals surface area contributed by atoms with E-state index in [1.165, 1.54) is 16.4 Å². The molecule has 6 nitrogen and oxygen atoms in total. The Hall–Kier alpha value is -3.00. The topological polar surface area (TPSA) is 67.2 Å². The number of carbonyl (C=O) groups is 1. The summed E-state index contributed by atoms with van der Waals surface area (Å²) in [6, 6.07) is 21.4. The van der Waals surface area contributed by atoms with Gasteiger partial charge in [-0.25, -0.2) is 4.79 Å². The molecule has 1 aliphatic rings. The number of fused-ring (bicyclic) bond motifs is 1. The molecule has 1 heterocycles. The fourth-order valence-electron chi connectivity index (χ4n) is 4.31. The molecule has 3 aromatic carbocycles. The number of carboxylic acids is 1. The van der Waals surface area contributed by atoms with Gasteiger partial charge in [-0.05, 0) is 60.3 Å². The van der Waals surface area contributed by atoms with Crippen LogP contribution in [0.3, 0.4) is 0 Å². The van der Waals surface area contributed by atoms with E-state index in [9.17, 15) is 15.1 Å². The van der Waals surface area contributed by atoms with Crippen LogP contribution in [0.15, 0.2) is 71.6 Å². The van der Waals surface area contributed by atoms with E-state index in [1.807, 2.05) is 43.3 Å². The van der Waals surface area contributed by atoms with Gasteiger partial charge in [0.05, 0.1) is 17.3 Å². The van der Waals surface area contributed by atoms with Gasteiger partial charge in [0.25, 0.3) is 0 Å². The highest BCUT2D eigenvalue weighted by Crippen LogP contribution is 2.46. The molecule has 1 unspecified atom stereocenters. The molecule has 0 aromatic heterocycles. The Balaban J connectivity index is 1.88. The molecule has 0 saturated heterocycles. The highest BCUT2D eigenvalue weighted by molar-refractivity contribution is 7.97. The molecule has 0 amide bonds. The van der Waals surface area contributed by atoms with Gasteiger partial charge in [0.1, 0.15) is 0 Å². The summed E-state index contributed by atoms with van der Waals surface area (Å²) in [5.41, 5.74) is 5.09. The van der Waals surface area contributed by atoms with E-state index in [2.05, 4.69) is 36.1 Å². The van der Waals surface area contributed by atoms with E-state index >= 15 is 0 Å². The predicted octanol–water partition coefficient (Wildman–Crippen LogP) is 6.53. The van der Waals surface area contributed by atoms with Gasteiger partial charge < -0.3 is 20.1 Å². The maximum atomic E-state index is 11.6. The Labute approximate surface area is 205 Å². The van der Waals surface area contributed by atoms with Crippen LogP contribution >= 0.6 is 11.9 Å². The van der Waals surface area contributed by atoms with Crippen molar-refractivity contribution in [2.24, 2.45) is 0 Å². The highest BCUT2D eigenvalue weighted by atomic mass is 32.2. The maximum Gasteiger partial charge on any atom is 0.335 e. The summed E-state index contributed by atoms with van der Waals surface area (Å²) in [6.45, 7) is 2.83. The summed E-state index contributed by atoms with van der Waals surface area (Å²) in [5, 5.41) is 20.5. The Kier molecular flexibility index (Phi) is 7.46. The number of hydrogen-bond donors (Lipinski definition) is 2. The van der Waals surface area contributed by atoms with Crippen molar-refractivity contribution >= 4 is 35.0 Å². The Bertz CT molecular complexity index is 1150. The summed E-state index contributed by atoms with van der Waals surface area (Å²) >= 11 is 1.34. The van der Waals surface area contributed by atoms with Crippen LogP contribution < -0.4 is 9.80 Å². The zero-order valence-electron chi connectivity index (χ0n) is 19.8. The van der Waals surface area contributed by atoms with Crippen molar-refractivity contribution in [2.45, 2.75) is 37.1 Å². The smallest absolute Gasteiger partial charge is 0.335 e. The summed E-state index contributed by atoms with van der Waals surface area (Å²) in [4.78, 5) is 16.8. The Morgan fingerprint density at radius 3 is 2.53 bits per heavy atom. The average Bonchev–Trinajstić information content (AvgIpc) is 2.98. The number of unbranched alkanes of at least 4 members (excludes halogenated alkanes) is 1. The minimum atomic E-state index is -0.951. The van der Waals surface area contributed by atoms with Crippen LogP contribution in [0.25, 0.3) is 11.1 Å². The van der Waals surface area contributed by atoms with Crippen LogP contribution in [0.5, 0.6) is 0 Å². The Morgan fingerprint density at radius 1 is 1.09 bits per heavy atom. The van der Waals surface area contributed by atoms with Gasteiger partial charge in [-0.3, -0.25) is 0 Å². The molecule has 178 valence electrons. The second-order valence-corrected chi connectivity index (χ2v) is 9.75. The third kappa shape index (κ3) is 5.06. The first-order chi connectivity index (χ1) is 16.4. The zero-order chi connectivity index (χ0) is 24.2. The van der Waals surface area contributed by atoms with Crippen molar-refractivity contribution in [1.29, 1.82) is 0 Å². The number of benzene rings is 3. The molecule has 3 aromatic rings. The number of aromatic carboxylic acids is 1. The molecular weight excluding hydrogens is 446 g/mol. The number of rotatable bonds is 7. The van der Waals surface area contributed by atoms with Crippen LogP contribution in [0.4, 0.5) is 17.1 Å². The first-order valence-electron chi connectivity index (χ1n) is 11.6. The fourth-order valence-corrected chi connectivity index (χ4v) is 5.27. The number of carboxylic acid groups (broad SMARTS) is 1. The molecule has 1 atom stereocenters. The standard InChI is InChI=1S/C27H31N3O3S/c1-4-5-12-22-18-29(21-13-7-6-8-14-21)25-17-24(28(2)3)23(16-26(25)34-30(22)33)19-10-9-11-20(15-19)27(31)32/h6-11,13-17,22,33H,4-5,12,18H2,1-3H3,(H,31,32). The number of nitrogens with zero attached hydrogens (tertiary/aromatic N) is 3. The van der Waals surface area contributed by atoms with E-state index in [1.54, 1.807) is 18.2 Å². The summed E-state index contributed by atoms with van der Waals surface area (Å²) in [6.07, 6.45) is 3.00. The number of para-hydroxylation sites is 1. The van der Waals surface area contributed by atoms with E-state index < -0.39 is 5.97 Å². The minimum absolute atomic E-state index is 0.0286. The SMILES string of the molecule is CCCCC1CN(c2ccccc2)c2cc(N(C)C)c(-c3cccc(C(=O)O)c3)cc2SN1O. The van der Waals surface area contributed by atoms with Gasteiger partial charge in [-0.2, -0.15) is 0 Å². The van der Waals surface area contributed by atoms with E-state index in [-0.39, 0.29) is 11.6 Å². The van der Waals surface area contributed by atoms with Crippen LogP contribution in [-0.4, -0.2) is 47.4 Å². The van der Waals surface area contributed by atoms with Crippen molar-refractivity contribution in [3.8, 4) is 11.1 Å². The van der Waals surface area contributed by atoms with Gasteiger partial charge in [0.2, 0.25) is 0 Å². The normalized spacial score (nSPS) is 16.1. The molecule has 0 saturated carbocycles. The lowest BCUT2D eigenvalue weighted by atomic mass is 9.99. The van der Waals surface area contributed by atoms with Crippen molar-refractivity contribution in [2.75, 3.05) is 30.4 Å². The fraction of sp³-hybridized carbons (Fsp3) is 0.296. The molecule has 0 spiro atoms. The molecule has 7 heteroatoms. The molecule has 1 aliphatic heterocycles. The number of hydroxylamine groups is 1. The van der Waals surface area contributed by atoms with Crippen LogP contribution in [-0.2, 0) is 0 Å². The molecule has 0 fully saturated rings. The predicted molar refractivity (Wildman–Crippen MR) is 139 cm³/mol. The van der Waals surface area contributed by atoms with E-state index in [0.717, 1.165) is 52.3 Å². The van der Waals surface area contributed by atoms with Crippen LogP contribution in [0, 0.1) is 0 Å². The van der Waals surface area contributed by atoms with Gasteiger partial charge in [-0.1, -0.05) is 50.1 Å². The Morgan fingerprint density at radius 2 is 1.85 bits per heavy atom. The van der Waals surface area contributed by atoms with E-state index in [0.29, 0.717) is 6.54 Å². The third-order valence-corrected chi connectivity index (χ3v) is 7.14. The van der Waals surface area contributed by atoms with Crippen molar-refractivity contribution < 1.29 is 15.1 Å².